The number of hydroxylamine groups is 1. The molecule has 0 spiro atoms. The van der Waals surface area contributed by atoms with Crippen molar-refractivity contribution in [2.24, 2.45) is 0 Å². The first kappa shape index (κ1) is 19.9. The second kappa shape index (κ2) is 8.65. The Labute approximate surface area is 144 Å². The Morgan fingerprint density at radius 2 is 1.84 bits per heavy atom. The largest absolute Gasteiger partial charge is 0.444 e. The van der Waals surface area contributed by atoms with Gasteiger partial charge < -0.3 is 15.4 Å². The first-order valence-electron chi connectivity index (χ1n) is 7.38. The monoisotopic (exact) mass is 348 g/mol. The molecule has 1 rings (SSSR count). The molecule has 1 atom stereocenters. The van der Waals surface area contributed by atoms with Gasteiger partial charge in [0, 0.05) is 5.56 Å². The number of carbonyl (C=O) groups is 3. The number of nitrogens with one attached hydrogen (secondary N) is 3. The molecule has 0 heterocycles. The summed E-state index contributed by atoms with van der Waals surface area (Å²) >= 11 is 0. The number of nitrogens with zero attached hydrogens (tertiary/aromatic N) is 1. The lowest BCUT2D eigenvalue weighted by atomic mass is 10.1. The molecule has 0 bridgehead atoms. The molecule has 0 fully saturated rings. The third kappa shape index (κ3) is 6.88. The predicted octanol–water partition coefficient (Wildman–Crippen LogP) is 0.687. The van der Waals surface area contributed by atoms with Gasteiger partial charge in [0.25, 0.3) is 11.8 Å². The molecule has 0 radical (unpaired) electrons. The molecule has 4 N–H and O–H groups in total. The van der Waals surface area contributed by atoms with E-state index in [-0.39, 0.29) is 12.1 Å². The summed E-state index contributed by atoms with van der Waals surface area (Å²) in [5.41, 5.74) is 1.30. The predicted molar refractivity (Wildman–Crippen MR) is 86.6 cm³/mol. The Kier molecular flexibility index (Phi) is 6.90. The van der Waals surface area contributed by atoms with Crippen LogP contribution in [0.5, 0.6) is 0 Å². The molecule has 0 aliphatic rings. The van der Waals surface area contributed by atoms with Gasteiger partial charge >= 0.3 is 6.09 Å². The zero-order valence-corrected chi connectivity index (χ0v) is 14.1. The topological polar surface area (TPSA) is 141 Å². The summed E-state index contributed by atoms with van der Waals surface area (Å²) in [7, 11) is 0. The van der Waals surface area contributed by atoms with Crippen LogP contribution in [0.1, 0.15) is 36.7 Å². The molecule has 1 aromatic rings. The van der Waals surface area contributed by atoms with Crippen molar-refractivity contribution in [1.82, 2.24) is 16.1 Å². The molecule has 1 aromatic carbocycles. The zero-order valence-electron chi connectivity index (χ0n) is 14.1. The molecular formula is C16H20N4O5. The van der Waals surface area contributed by atoms with Crippen LogP contribution in [0.4, 0.5) is 4.79 Å². The van der Waals surface area contributed by atoms with Gasteiger partial charge in [-0.2, -0.15) is 5.26 Å². The number of rotatable bonds is 5. The Morgan fingerprint density at radius 3 is 2.32 bits per heavy atom. The highest BCUT2D eigenvalue weighted by Gasteiger charge is 2.23. The highest BCUT2D eigenvalue weighted by atomic mass is 16.6. The zero-order chi connectivity index (χ0) is 19.0. The van der Waals surface area contributed by atoms with E-state index >= 15 is 0 Å². The van der Waals surface area contributed by atoms with Crippen LogP contribution in [0.15, 0.2) is 24.3 Å². The molecule has 0 saturated heterocycles. The fourth-order valence-corrected chi connectivity index (χ4v) is 1.72. The van der Waals surface area contributed by atoms with Gasteiger partial charge in [0.2, 0.25) is 0 Å². The van der Waals surface area contributed by atoms with Crippen molar-refractivity contribution in [2.75, 3.05) is 6.54 Å². The summed E-state index contributed by atoms with van der Waals surface area (Å²) in [5.74, 6) is -1.51. The van der Waals surface area contributed by atoms with E-state index in [4.69, 9.17) is 15.2 Å². The molecular weight excluding hydrogens is 328 g/mol. The molecule has 1 unspecified atom stereocenters. The number of carbonyl (C=O) groups excluding carboxylic acids is 3. The highest BCUT2D eigenvalue weighted by molar-refractivity contribution is 5.97. The van der Waals surface area contributed by atoms with E-state index in [1.54, 1.807) is 20.8 Å². The summed E-state index contributed by atoms with van der Waals surface area (Å²) in [6, 6.07) is 6.45. The lowest BCUT2D eigenvalue weighted by molar-refractivity contribution is -0.131. The van der Waals surface area contributed by atoms with Crippen LogP contribution in [-0.2, 0) is 9.53 Å². The third-order valence-corrected chi connectivity index (χ3v) is 2.86. The van der Waals surface area contributed by atoms with Gasteiger partial charge in [-0.25, -0.2) is 10.3 Å². The first-order chi connectivity index (χ1) is 11.7. The molecule has 3 amide bonds. The average Bonchev–Trinajstić information content (AvgIpc) is 2.56. The summed E-state index contributed by atoms with van der Waals surface area (Å²) in [6.07, 6.45) is -0.768. The van der Waals surface area contributed by atoms with Crippen LogP contribution < -0.4 is 16.1 Å². The molecule has 0 aromatic heterocycles. The van der Waals surface area contributed by atoms with Gasteiger partial charge in [-0.3, -0.25) is 14.8 Å². The molecule has 0 aliphatic heterocycles. The quantitative estimate of drug-likeness (QED) is 0.456. The van der Waals surface area contributed by atoms with Gasteiger partial charge in [0.15, 0.2) is 0 Å². The van der Waals surface area contributed by atoms with Crippen molar-refractivity contribution < 1.29 is 24.3 Å². The summed E-state index contributed by atoms with van der Waals surface area (Å²) in [6.45, 7) is 4.74. The fraction of sp³-hybridized carbons (Fsp3) is 0.375. The number of alkyl carbamates (subject to hydrolysis) is 1. The van der Waals surface area contributed by atoms with Gasteiger partial charge in [-0.15, -0.1) is 0 Å². The number of benzene rings is 1. The van der Waals surface area contributed by atoms with Gasteiger partial charge in [-0.1, -0.05) is 0 Å². The molecule has 9 heteroatoms. The maximum absolute atomic E-state index is 12.1. The van der Waals surface area contributed by atoms with Crippen molar-refractivity contribution in [2.45, 2.75) is 32.4 Å². The van der Waals surface area contributed by atoms with Crippen molar-refractivity contribution in [1.29, 1.82) is 5.26 Å². The SMILES string of the molecule is CC(C)(C)OC(=O)NCC(NC(=O)c1ccc(C#N)cc1)C(=O)NO. The van der Waals surface area contributed by atoms with E-state index in [0.717, 1.165) is 0 Å². The van der Waals surface area contributed by atoms with E-state index in [0.29, 0.717) is 5.56 Å². The van der Waals surface area contributed by atoms with Gasteiger partial charge in [0.1, 0.15) is 11.6 Å². The van der Waals surface area contributed by atoms with E-state index in [9.17, 15) is 14.4 Å². The van der Waals surface area contributed by atoms with Crippen LogP contribution in [0, 0.1) is 11.3 Å². The fourth-order valence-electron chi connectivity index (χ4n) is 1.72. The van der Waals surface area contributed by atoms with Crippen LogP contribution in [-0.4, -0.2) is 41.3 Å². The minimum Gasteiger partial charge on any atom is -0.444 e. The summed E-state index contributed by atoms with van der Waals surface area (Å²) in [4.78, 5) is 35.4. The van der Waals surface area contributed by atoms with Gasteiger partial charge in [0.05, 0.1) is 18.2 Å². The Bertz CT molecular complexity index is 673. The number of hydrogen-bond acceptors (Lipinski definition) is 6. The van der Waals surface area contributed by atoms with E-state index < -0.39 is 29.6 Å². The van der Waals surface area contributed by atoms with Crippen molar-refractivity contribution >= 4 is 17.9 Å². The van der Waals surface area contributed by atoms with Crippen molar-refractivity contribution in [3.63, 3.8) is 0 Å². The standard InChI is InChI=1S/C16H20N4O5/c1-16(2,3)25-15(23)18-9-12(14(22)20-24)19-13(21)11-6-4-10(8-17)5-7-11/h4-7,12,24H,9H2,1-3H3,(H,18,23)(H,19,21)(H,20,22). The van der Waals surface area contributed by atoms with Crippen molar-refractivity contribution in [3.8, 4) is 6.07 Å². The molecule has 9 nitrogen and oxygen atoms in total. The minimum absolute atomic E-state index is 0.215. The van der Waals surface area contributed by atoms with Crippen LogP contribution in [0.3, 0.4) is 0 Å². The van der Waals surface area contributed by atoms with Gasteiger partial charge in [-0.05, 0) is 45.0 Å². The molecule has 0 saturated carbocycles. The maximum atomic E-state index is 12.1. The highest BCUT2D eigenvalue weighted by Crippen LogP contribution is 2.06. The van der Waals surface area contributed by atoms with Crippen LogP contribution in [0.25, 0.3) is 0 Å². The molecule has 0 aliphatic carbocycles. The number of ether oxygens (including phenoxy) is 1. The van der Waals surface area contributed by atoms with E-state index in [2.05, 4.69) is 10.6 Å². The maximum Gasteiger partial charge on any atom is 0.407 e. The molecule has 134 valence electrons. The Balaban J connectivity index is 2.72. The Morgan fingerprint density at radius 1 is 1.24 bits per heavy atom. The van der Waals surface area contributed by atoms with Crippen LogP contribution >= 0.6 is 0 Å². The normalized spacial score (nSPS) is 11.6. The smallest absolute Gasteiger partial charge is 0.407 e. The molecule has 25 heavy (non-hydrogen) atoms. The average molecular weight is 348 g/mol. The third-order valence-electron chi connectivity index (χ3n) is 2.86. The number of nitriles is 1. The second-order valence-electron chi connectivity index (χ2n) is 6.07. The van der Waals surface area contributed by atoms with Crippen molar-refractivity contribution in [3.05, 3.63) is 35.4 Å². The summed E-state index contributed by atoms with van der Waals surface area (Å²) in [5, 5.41) is 22.2. The second-order valence-corrected chi connectivity index (χ2v) is 6.07. The van der Waals surface area contributed by atoms with E-state index in [1.807, 2.05) is 6.07 Å². The minimum atomic E-state index is -1.22. The summed E-state index contributed by atoms with van der Waals surface area (Å²) < 4.78 is 5.03. The van der Waals surface area contributed by atoms with E-state index in [1.165, 1.54) is 29.7 Å². The Hall–Kier alpha value is -3.12. The number of hydrogen-bond donors (Lipinski definition) is 4. The first-order valence-corrected chi connectivity index (χ1v) is 7.38. The van der Waals surface area contributed by atoms with Crippen LogP contribution in [0.2, 0.25) is 0 Å². The lowest BCUT2D eigenvalue weighted by Gasteiger charge is -2.21. The number of amides is 3. The lowest BCUT2D eigenvalue weighted by Crippen LogP contribution is -2.52.